The molecule has 2 aromatic heterocycles. The van der Waals surface area contributed by atoms with Crippen molar-refractivity contribution >= 4 is 5.91 Å². The molecule has 3 rings (SSSR count). The van der Waals surface area contributed by atoms with Crippen LogP contribution < -0.4 is 5.32 Å². The molecule has 1 amide bonds. The molecular formula is C19H27N5O. The monoisotopic (exact) mass is 341 g/mol. The molecule has 6 heteroatoms. The van der Waals surface area contributed by atoms with E-state index in [9.17, 15) is 4.79 Å². The van der Waals surface area contributed by atoms with E-state index in [0.717, 1.165) is 49.7 Å². The summed E-state index contributed by atoms with van der Waals surface area (Å²) in [6, 6.07) is 6.42. The number of nitrogens with one attached hydrogen (secondary N) is 1. The van der Waals surface area contributed by atoms with Crippen molar-refractivity contribution in [2.45, 2.75) is 58.8 Å². The van der Waals surface area contributed by atoms with Gasteiger partial charge in [0.1, 0.15) is 5.82 Å². The Kier molecular flexibility index (Phi) is 5.81. The van der Waals surface area contributed by atoms with E-state index in [2.05, 4.69) is 39.0 Å². The summed E-state index contributed by atoms with van der Waals surface area (Å²) in [7, 11) is 0. The Morgan fingerprint density at radius 3 is 3.08 bits per heavy atom. The summed E-state index contributed by atoms with van der Waals surface area (Å²) in [6.45, 7) is 7.14. The van der Waals surface area contributed by atoms with Crippen molar-refractivity contribution in [3.8, 4) is 0 Å². The number of amides is 1. The molecule has 3 heterocycles. The Hall–Kier alpha value is -2.21. The molecule has 1 saturated heterocycles. The number of pyridine rings is 1. The van der Waals surface area contributed by atoms with Crippen LogP contribution in [0.1, 0.15) is 56.4 Å². The van der Waals surface area contributed by atoms with Gasteiger partial charge in [0.05, 0.1) is 30.5 Å². The van der Waals surface area contributed by atoms with Crippen LogP contribution in [0.25, 0.3) is 0 Å². The number of carbonyl (C=O) groups excluding carboxylic acids is 1. The normalized spacial score (nSPS) is 17.8. The topological polar surface area (TPSA) is 63.1 Å². The molecule has 1 fully saturated rings. The number of hydrogen-bond donors (Lipinski definition) is 1. The number of aryl methyl sites for hydroxylation is 1. The van der Waals surface area contributed by atoms with Crippen LogP contribution in [-0.2, 0) is 24.4 Å². The van der Waals surface area contributed by atoms with Gasteiger partial charge in [0.15, 0.2) is 0 Å². The number of nitrogens with zero attached hydrogens (tertiary/aromatic N) is 4. The highest BCUT2D eigenvalue weighted by Gasteiger charge is 2.28. The van der Waals surface area contributed by atoms with E-state index < -0.39 is 0 Å². The first-order valence-corrected chi connectivity index (χ1v) is 9.11. The second-order valence-electron chi connectivity index (χ2n) is 6.63. The third-order valence-corrected chi connectivity index (χ3v) is 4.66. The van der Waals surface area contributed by atoms with Gasteiger partial charge in [-0.2, -0.15) is 0 Å². The molecule has 0 spiro atoms. The lowest BCUT2D eigenvalue weighted by Crippen LogP contribution is -2.26. The first kappa shape index (κ1) is 17.6. The fraction of sp³-hybridized carbons (Fsp3) is 0.526. The van der Waals surface area contributed by atoms with Crippen LogP contribution in [0.3, 0.4) is 0 Å². The van der Waals surface area contributed by atoms with Crippen LogP contribution in [-0.4, -0.2) is 31.9 Å². The number of rotatable bonds is 7. The molecule has 25 heavy (non-hydrogen) atoms. The highest BCUT2D eigenvalue weighted by molar-refractivity contribution is 5.72. The van der Waals surface area contributed by atoms with Crippen LogP contribution in [0.4, 0.5) is 0 Å². The molecule has 0 aromatic carbocycles. The molecule has 6 nitrogen and oxygen atoms in total. The predicted octanol–water partition coefficient (Wildman–Crippen LogP) is 2.66. The minimum atomic E-state index is -0.0301. The largest absolute Gasteiger partial charge is 0.351 e. The van der Waals surface area contributed by atoms with Crippen LogP contribution in [0, 0.1) is 0 Å². The van der Waals surface area contributed by atoms with Gasteiger partial charge in [-0.1, -0.05) is 13.0 Å². The molecule has 0 radical (unpaired) electrons. The average Bonchev–Trinajstić information content (AvgIpc) is 3.24. The number of aromatic nitrogens is 3. The van der Waals surface area contributed by atoms with Gasteiger partial charge in [-0.3, -0.25) is 14.7 Å². The molecule has 2 aromatic rings. The fourth-order valence-electron chi connectivity index (χ4n) is 3.47. The summed E-state index contributed by atoms with van der Waals surface area (Å²) in [6.07, 6.45) is 7.36. The maximum Gasteiger partial charge on any atom is 0.217 e. The van der Waals surface area contributed by atoms with Crippen LogP contribution in [0.5, 0.6) is 0 Å². The fourth-order valence-corrected chi connectivity index (χ4v) is 3.47. The molecule has 0 bridgehead atoms. The minimum absolute atomic E-state index is 0.0301. The number of likely N-dealkylation sites (tertiary alicyclic amines) is 1. The van der Waals surface area contributed by atoms with Crippen molar-refractivity contribution in [1.82, 2.24) is 24.8 Å². The lowest BCUT2D eigenvalue weighted by molar-refractivity contribution is -0.119. The van der Waals surface area contributed by atoms with Gasteiger partial charge in [-0.25, -0.2) is 4.98 Å². The predicted molar refractivity (Wildman–Crippen MR) is 96.7 cm³/mol. The second-order valence-corrected chi connectivity index (χ2v) is 6.63. The van der Waals surface area contributed by atoms with E-state index in [4.69, 9.17) is 4.98 Å². The van der Waals surface area contributed by atoms with Gasteiger partial charge >= 0.3 is 0 Å². The van der Waals surface area contributed by atoms with Gasteiger partial charge in [-0.05, 0) is 37.9 Å². The van der Waals surface area contributed by atoms with Gasteiger partial charge in [0.25, 0.3) is 0 Å². The van der Waals surface area contributed by atoms with Crippen molar-refractivity contribution in [2.75, 3.05) is 6.54 Å². The average molecular weight is 341 g/mol. The summed E-state index contributed by atoms with van der Waals surface area (Å²) in [4.78, 5) is 22.9. The summed E-state index contributed by atoms with van der Waals surface area (Å²) in [5.41, 5.74) is 2.00. The van der Waals surface area contributed by atoms with E-state index in [0.29, 0.717) is 12.6 Å². The Morgan fingerprint density at radius 1 is 1.40 bits per heavy atom. The maximum absolute atomic E-state index is 11.1. The molecule has 0 saturated carbocycles. The van der Waals surface area contributed by atoms with Gasteiger partial charge < -0.3 is 9.88 Å². The SMILES string of the molecule is CCCn1ccnc1CN1CCC[C@@H]1c1cccc(CNC(C)=O)n1. The zero-order chi connectivity index (χ0) is 17.6. The molecule has 0 aliphatic carbocycles. The third-order valence-electron chi connectivity index (χ3n) is 4.66. The first-order valence-electron chi connectivity index (χ1n) is 9.11. The van der Waals surface area contributed by atoms with E-state index in [1.54, 1.807) is 0 Å². The highest BCUT2D eigenvalue weighted by Crippen LogP contribution is 2.32. The first-order chi connectivity index (χ1) is 12.2. The quantitative estimate of drug-likeness (QED) is 0.841. The lowest BCUT2D eigenvalue weighted by atomic mass is 10.1. The van der Waals surface area contributed by atoms with E-state index in [-0.39, 0.29) is 5.91 Å². The third kappa shape index (κ3) is 4.45. The van der Waals surface area contributed by atoms with Gasteiger partial charge in [0, 0.05) is 25.9 Å². The van der Waals surface area contributed by atoms with Crippen molar-refractivity contribution < 1.29 is 4.79 Å². The zero-order valence-corrected chi connectivity index (χ0v) is 15.1. The van der Waals surface area contributed by atoms with Gasteiger partial charge in [-0.15, -0.1) is 0 Å². The summed E-state index contributed by atoms with van der Waals surface area (Å²) >= 11 is 0. The Morgan fingerprint density at radius 2 is 2.28 bits per heavy atom. The summed E-state index contributed by atoms with van der Waals surface area (Å²) in [5.74, 6) is 1.10. The van der Waals surface area contributed by atoms with Crippen LogP contribution in [0.15, 0.2) is 30.6 Å². The minimum Gasteiger partial charge on any atom is -0.351 e. The van der Waals surface area contributed by atoms with Crippen LogP contribution in [0.2, 0.25) is 0 Å². The maximum atomic E-state index is 11.1. The number of carbonyl (C=O) groups is 1. The molecule has 0 unspecified atom stereocenters. The summed E-state index contributed by atoms with van der Waals surface area (Å²) < 4.78 is 2.25. The van der Waals surface area contributed by atoms with Crippen molar-refractivity contribution in [2.24, 2.45) is 0 Å². The van der Waals surface area contributed by atoms with E-state index in [1.165, 1.54) is 13.3 Å². The van der Waals surface area contributed by atoms with Crippen LogP contribution >= 0.6 is 0 Å². The van der Waals surface area contributed by atoms with Crippen molar-refractivity contribution in [3.05, 3.63) is 47.8 Å². The number of imidazole rings is 1. The standard InChI is InChI=1S/C19H27N5O/c1-3-10-23-12-9-20-19(23)14-24-11-5-8-18(24)17-7-4-6-16(22-17)13-21-15(2)25/h4,6-7,9,12,18H,3,5,8,10-11,13-14H2,1-2H3,(H,21,25)/t18-/m1/s1. The highest BCUT2D eigenvalue weighted by atomic mass is 16.1. The Labute approximate surface area is 149 Å². The molecule has 1 aliphatic rings. The van der Waals surface area contributed by atoms with E-state index >= 15 is 0 Å². The Bertz CT molecular complexity index is 711. The lowest BCUT2D eigenvalue weighted by Gasteiger charge is -2.24. The van der Waals surface area contributed by atoms with Gasteiger partial charge in [0.2, 0.25) is 5.91 Å². The molecule has 1 N–H and O–H groups in total. The number of hydrogen-bond acceptors (Lipinski definition) is 4. The van der Waals surface area contributed by atoms with E-state index in [1.807, 2.05) is 18.3 Å². The second kappa shape index (κ2) is 8.25. The summed E-state index contributed by atoms with van der Waals surface area (Å²) in [5, 5.41) is 2.82. The Balaban J connectivity index is 1.72. The smallest absolute Gasteiger partial charge is 0.217 e. The van der Waals surface area contributed by atoms with Crippen molar-refractivity contribution in [3.63, 3.8) is 0 Å². The molecular weight excluding hydrogens is 314 g/mol. The van der Waals surface area contributed by atoms with Crippen molar-refractivity contribution in [1.29, 1.82) is 0 Å². The molecule has 1 aliphatic heterocycles. The zero-order valence-electron chi connectivity index (χ0n) is 15.1. The molecule has 134 valence electrons. The molecule has 1 atom stereocenters.